The lowest BCUT2D eigenvalue weighted by molar-refractivity contribution is 0.262. The monoisotopic (exact) mass is 338 g/mol. The van der Waals surface area contributed by atoms with Gasteiger partial charge in [-0.3, -0.25) is 9.48 Å². The Hall–Kier alpha value is -3.42. The van der Waals surface area contributed by atoms with Gasteiger partial charge in [-0.05, 0) is 24.6 Å². The van der Waals surface area contributed by atoms with Crippen LogP contribution in [0.15, 0.2) is 53.6 Å². The van der Waals surface area contributed by atoms with E-state index in [0.717, 1.165) is 18.5 Å². The van der Waals surface area contributed by atoms with E-state index in [9.17, 15) is 9.59 Å². The van der Waals surface area contributed by atoms with Crippen LogP contribution in [0.2, 0.25) is 0 Å². The van der Waals surface area contributed by atoms with E-state index in [1.165, 1.54) is 6.07 Å². The van der Waals surface area contributed by atoms with Crippen molar-refractivity contribution in [2.45, 2.75) is 19.9 Å². The first-order chi connectivity index (χ1) is 12.1. The van der Waals surface area contributed by atoms with Gasteiger partial charge in [0.15, 0.2) is 0 Å². The molecule has 8 nitrogen and oxygen atoms in total. The van der Waals surface area contributed by atoms with Gasteiger partial charge in [0.1, 0.15) is 0 Å². The molecule has 0 aliphatic rings. The summed E-state index contributed by atoms with van der Waals surface area (Å²) in [5, 5.41) is 16.0. The highest BCUT2D eigenvalue weighted by Crippen LogP contribution is 2.20. The number of hydrogen-bond acceptors (Lipinski definition) is 4. The van der Waals surface area contributed by atoms with Crippen molar-refractivity contribution < 1.29 is 4.79 Å². The van der Waals surface area contributed by atoms with Gasteiger partial charge in [-0.15, -0.1) is 0 Å². The average Bonchev–Trinajstić information content (AvgIpc) is 3.03. The fourth-order valence-electron chi connectivity index (χ4n) is 2.33. The Morgan fingerprint density at radius 1 is 1.20 bits per heavy atom. The summed E-state index contributed by atoms with van der Waals surface area (Å²) in [5.74, 6) is 0. The van der Waals surface area contributed by atoms with Crippen molar-refractivity contribution in [2.75, 3.05) is 10.6 Å². The first-order valence-corrected chi connectivity index (χ1v) is 7.90. The maximum atomic E-state index is 12.1. The molecule has 3 N–H and O–H groups in total. The highest BCUT2D eigenvalue weighted by atomic mass is 16.2. The van der Waals surface area contributed by atoms with Gasteiger partial charge in [-0.2, -0.15) is 10.2 Å². The molecule has 3 aromatic rings. The zero-order valence-corrected chi connectivity index (χ0v) is 13.7. The number of nitrogens with one attached hydrogen (secondary N) is 3. The van der Waals surface area contributed by atoms with E-state index < -0.39 is 0 Å². The van der Waals surface area contributed by atoms with Gasteiger partial charge in [-0.25, -0.2) is 9.89 Å². The van der Waals surface area contributed by atoms with E-state index in [0.29, 0.717) is 17.1 Å². The number of rotatable bonds is 5. The zero-order valence-electron chi connectivity index (χ0n) is 13.7. The lowest BCUT2D eigenvalue weighted by atomic mass is 10.1. The summed E-state index contributed by atoms with van der Waals surface area (Å²) in [5.41, 5.74) is 2.38. The van der Waals surface area contributed by atoms with Crippen molar-refractivity contribution in [3.05, 3.63) is 59.1 Å². The van der Waals surface area contributed by atoms with Crippen LogP contribution in [-0.2, 0) is 6.54 Å². The topological polar surface area (TPSA) is 105 Å². The van der Waals surface area contributed by atoms with Crippen LogP contribution in [0.25, 0.3) is 11.3 Å². The third kappa shape index (κ3) is 4.31. The highest BCUT2D eigenvalue weighted by Gasteiger charge is 2.06. The molecule has 0 saturated heterocycles. The predicted octanol–water partition coefficient (Wildman–Crippen LogP) is 2.69. The van der Waals surface area contributed by atoms with Gasteiger partial charge >= 0.3 is 6.03 Å². The number of carbonyl (C=O) groups excluding carboxylic acids is 1. The normalized spacial score (nSPS) is 10.4. The molecule has 0 aliphatic heterocycles. The summed E-state index contributed by atoms with van der Waals surface area (Å²) in [6.45, 7) is 2.86. The lowest BCUT2D eigenvalue weighted by Crippen LogP contribution is -2.19. The molecule has 1 aromatic carbocycles. The average molecular weight is 338 g/mol. The minimum atomic E-state index is -0.359. The Labute approximate surface area is 143 Å². The van der Waals surface area contributed by atoms with Crippen LogP contribution in [-0.4, -0.2) is 26.0 Å². The van der Waals surface area contributed by atoms with Gasteiger partial charge in [-0.1, -0.05) is 19.1 Å². The van der Waals surface area contributed by atoms with Crippen LogP contribution in [0.4, 0.5) is 16.2 Å². The van der Waals surface area contributed by atoms with Gasteiger partial charge in [0, 0.05) is 30.1 Å². The molecular formula is C17H18N6O2. The first-order valence-electron chi connectivity index (χ1n) is 7.90. The zero-order chi connectivity index (χ0) is 17.6. The fourth-order valence-corrected chi connectivity index (χ4v) is 2.33. The van der Waals surface area contributed by atoms with Crippen molar-refractivity contribution in [2.24, 2.45) is 0 Å². The summed E-state index contributed by atoms with van der Waals surface area (Å²) in [4.78, 5) is 23.2. The molecule has 2 amide bonds. The number of H-pyrrole nitrogens is 1. The fraction of sp³-hybridized carbons (Fsp3) is 0.176. The molecule has 0 aliphatic carbocycles. The Kier molecular flexibility index (Phi) is 4.89. The van der Waals surface area contributed by atoms with E-state index in [4.69, 9.17) is 0 Å². The van der Waals surface area contributed by atoms with Crippen LogP contribution < -0.4 is 16.2 Å². The van der Waals surface area contributed by atoms with Crippen LogP contribution in [0.3, 0.4) is 0 Å². The van der Waals surface area contributed by atoms with Gasteiger partial charge in [0.05, 0.1) is 17.6 Å². The molecule has 25 heavy (non-hydrogen) atoms. The van der Waals surface area contributed by atoms with Crippen LogP contribution in [0.1, 0.15) is 13.3 Å². The molecule has 2 aromatic heterocycles. The molecule has 0 spiro atoms. The van der Waals surface area contributed by atoms with E-state index in [2.05, 4.69) is 32.9 Å². The SMILES string of the molecule is CCCn1cc(NC(=O)Nc2cccc(-c3ccc(=O)[nH]n3)c2)cn1. The lowest BCUT2D eigenvalue weighted by Gasteiger charge is -2.07. The number of urea groups is 1. The Bertz CT molecular complexity index is 910. The standard InChI is InChI=1S/C17H18N6O2/c1-2-8-23-11-14(10-18-23)20-17(25)19-13-5-3-4-12(9-13)15-6-7-16(24)22-21-15/h3-7,9-11H,2,8H2,1H3,(H,22,24)(H2,19,20,25). The van der Waals surface area contributed by atoms with Gasteiger partial charge in [0.25, 0.3) is 5.56 Å². The molecule has 2 heterocycles. The summed E-state index contributed by atoms with van der Waals surface area (Å²) in [6, 6.07) is 9.87. The molecule has 0 atom stereocenters. The predicted molar refractivity (Wildman–Crippen MR) is 95.5 cm³/mol. The Morgan fingerprint density at radius 3 is 2.80 bits per heavy atom. The quantitative estimate of drug-likeness (QED) is 0.665. The van der Waals surface area contributed by atoms with Crippen molar-refractivity contribution in [1.82, 2.24) is 20.0 Å². The second-order valence-corrected chi connectivity index (χ2v) is 5.46. The number of benzene rings is 1. The molecule has 128 valence electrons. The van der Waals surface area contributed by atoms with E-state index in [-0.39, 0.29) is 11.6 Å². The number of aryl methyl sites for hydroxylation is 1. The summed E-state index contributed by atoms with van der Waals surface area (Å²) in [7, 11) is 0. The largest absolute Gasteiger partial charge is 0.323 e. The number of hydrogen-bond donors (Lipinski definition) is 3. The van der Waals surface area contributed by atoms with Crippen LogP contribution in [0.5, 0.6) is 0 Å². The maximum Gasteiger partial charge on any atom is 0.323 e. The third-order valence-corrected chi connectivity index (χ3v) is 3.44. The number of anilines is 2. The minimum Gasteiger partial charge on any atom is -0.308 e. The Balaban J connectivity index is 1.67. The van der Waals surface area contributed by atoms with E-state index in [1.54, 1.807) is 41.3 Å². The van der Waals surface area contributed by atoms with Crippen molar-refractivity contribution in [3.8, 4) is 11.3 Å². The molecular weight excluding hydrogens is 320 g/mol. The van der Waals surface area contributed by atoms with Crippen molar-refractivity contribution in [3.63, 3.8) is 0 Å². The molecule has 0 fully saturated rings. The van der Waals surface area contributed by atoms with Crippen molar-refractivity contribution >= 4 is 17.4 Å². The van der Waals surface area contributed by atoms with Crippen LogP contribution in [0, 0.1) is 0 Å². The molecule has 3 rings (SSSR count). The minimum absolute atomic E-state index is 0.263. The third-order valence-electron chi connectivity index (χ3n) is 3.44. The second-order valence-electron chi connectivity index (χ2n) is 5.46. The number of nitrogens with zero attached hydrogens (tertiary/aromatic N) is 3. The van der Waals surface area contributed by atoms with E-state index >= 15 is 0 Å². The first kappa shape index (κ1) is 16.4. The number of aromatic amines is 1. The van der Waals surface area contributed by atoms with Gasteiger partial charge in [0.2, 0.25) is 0 Å². The highest BCUT2D eigenvalue weighted by molar-refractivity contribution is 5.99. The number of carbonyl (C=O) groups is 1. The molecule has 0 unspecified atom stereocenters. The Morgan fingerprint density at radius 2 is 2.04 bits per heavy atom. The van der Waals surface area contributed by atoms with Crippen molar-refractivity contribution in [1.29, 1.82) is 0 Å². The number of aromatic nitrogens is 4. The summed E-state index contributed by atoms with van der Waals surface area (Å²) in [6.07, 6.45) is 4.36. The molecule has 0 saturated carbocycles. The van der Waals surface area contributed by atoms with Crippen LogP contribution >= 0.6 is 0 Å². The maximum absolute atomic E-state index is 12.1. The second kappa shape index (κ2) is 7.43. The smallest absolute Gasteiger partial charge is 0.308 e. The number of amides is 2. The molecule has 8 heteroatoms. The molecule has 0 radical (unpaired) electrons. The molecule has 0 bridgehead atoms. The van der Waals surface area contributed by atoms with Gasteiger partial charge < -0.3 is 10.6 Å². The summed E-state index contributed by atoms with van der Waals surface area (Å²) >= 11 is 0. The summed E-state index contributed by atoms with van der Waals surface area (Å²) < 4.78 is 1.78. The van der Waals surface area contributed by atoms with E-state index in [1.807, 2.05) is 6.07 Å².